The molecule has 0 bridgehead atoms. The van der Waals surface area contributed by atoms with Crippen molar-refractivity contribution in [2.24, 2.45) is 0 Å². The first-order valence-electron chi connectivity index (χ1n) is 6.55. The van der Waals surface area contributed by atoms with Crippen LogP contribution in [0.5, 0.6) is 0 Å². The molecule has 102 valence electrons. The molecule has 0 saturated carbocycles. The van der Waals surface area contributed by atoms with Crippen molar-refractivity contribution in [1.29, 1.82) is 0 Å². The Morgan fingerprint density at radius 1 is 1.50 bits per heavy atom. The maximum atomic E-state index is 11.7. The van der Waals surface area contributed by atoms with Crippen LogP contribution in [0.2, 0.25) is 0 Å². The van der Waals surface area contributed by atoms with Crippen molar-refractivity contribution in [2.75, 3.05) is 19.6 Å². The van der Waals surface area contributed by atoms with Gasteiger partial charge in [0.2, 0.25) is 5.82 Å². The number of nitrogens with one attached hydrogen (secondary N) is 2. The number of carbonyl (C=O) groups excluding carboxylic acids is 1. The van der Waals surface area contributed by atoms with Gasteiger partial charge in [-0.25, -0.2) is 4.98 Å². The average molecular weight is 253 g/mol. The van der Waals surface area contributed by atoms with Crippen molar-refractivity contribution in [2.45, 2.75) is 39.7 Å². The lowest BCUT2D eigenvalue weighted by Gasteiger charge is -2.19. The summed E-state index contributed by atoms with van der Waals surface area (Å²) in [7, 11) is 0. The Balaban J connectivity index is 2.21. The molecular weight excluding hydrogens is 230 g/mol. The van der Waals surface area contributed by atoms with Crippen LogP contribution in [0.1, 0.15) is 44.2 Å². The van der Waals surface area contributed by atoms with E-state index in [1.165, 1.54) is 6.33 Å². The molecule has 18 heavy (non-hydrogen) atoms. The van der Waals surface area contributed by atoms with Crippen LogP contribution in [-0.4, -0.2) is 51.7 Å². The Morgan fingerprint density at radius 3 is 2.78 bits per heavy atom. The molecule has 0 aliphatic heterocycles. The molecular formula is C12H23N5O. The Labute approximate surface area is 108 Å². The van der Waals surface area contributed by atoms with E-state index in [9.17, 15) is 4.79 Å². The summed E-state index contributed by atoms with van der Waals surface area (Å²) < 4.78 is 0. The van der Waals surface area contributed by atoms with E-state index >= 15 is 0 Å². The van der Waals surface area contributed by atoms with Crippen LogP contribution < -0.4 is 5.32 Å². The van der Waals surface area contributed by atoms with E-state index < -0.39 is 0 Å². The number of amides is 1. The van der Waals surface area contributed by atoms with Gasteiger partial charge in [0.25, 0.3) is 5.91 Å². The summed E-state index contributed by atoms with van der Waals surface area (Å²) in [6, 6.07) is 0.151. The Bertz CT molecular complexity index is 334. The lowest BCUT2D eigenvalue weighted by Crippen LogP contribution is -2.34. The summed E-state index contributed by atoms with van der Waals surface area (Å²) in [5, 5.41) is 9.11. The molecule has 0 aliphatic carbocycles. The van der Waals surface area contributed by atoms with Crippen molar-refractivity contribution in [1.82, 2.24) is 25.4 Å². The largest absolute Gasteiger partial charge is 0.347 e. The summed E-state index contributed by atoms with van der Waals surface area (Å²) in [5.74, 6) is 0.0773. The van der Waals surface area contributed by atoms with E-state index in [-0.39, 0.29) is 17.8 Å². The van der Waals surface area contributed by atoms with E-state index in [2.05, 4.69) is 39.2 Å². The zero-order chi connectivity index (χ0) is 13.4. The molecule has 0 fully saturated rings. The zero-order valence-electron chi connectivity index (χ0n) is 11.4. The predicted molar refractivity (Wildman–Crippen MR) is 70.3 cm³/mol. The number of H-pyrrole nitrogens is 1. The van der Waals surface area contributed by atoms with Gasteiger partial charge >= 0.3 is 0 Å². The molecule has 0 spiro atoms. The van der Waals surface area contributed by atoms with Gasteiger partial charge in [-0.05, 0) is 39.4 Å². The first-order valence-corrected chi connectivity index (χ1v) is 6.55. The Hall–Kier alpha value is -1.43. The second-order valence-electron chi connectivity index (χ2n) is 4.38. The van der Waals surface area contributed by atoms with Gasteiger partial charge in [0.15, 0.2) is 0 Å². The Kier molecular flexibility index (Phi) is 6.35. The molecule has 6 nitrogen and oxygen atoms in total. The normalized spacial score (nSPS) is 12.7. The van der Waals surface area contributed by atoms with Crippen LogP contribution in [0.3, 0.4) is 0 Å². The second kappa shape index (κ2) is 7.81. The van der Waals surface area contributed by atoms with Gasteiger partial charge in [-0.2, -0.15) is 5.10 Å². The monoisotopic (exact) mass is 253 g/mol. The van der Waals surface area contributed by atoms with Gasteiger partial charge in [0.1, 0.15) is 6.33 Å². The van der Waals surface area contributed by atoms with Crippen molar-refractivity contribution in [3.05, 3.63) is 12.2 Å². The quantitative estimate of drug-likeness (QED) is 0.726. The number of rotatable bonds is 8. The van der Waals surface area contributed by atoms with E-state index in [1.807, 2.05) is 6.92 Å². The first-order chi connectivity index (χ1) is 8.67. The minimum absolute atomic E-state index is 0.151. The average Bonchev–Trinajstić information content (AvgIpc) is 2.88. The van der Waals surface area contributed by atoms with E-state index in [4.69, 9.17) is 0 Å². The van der Waals surface area contributed by atoms with Gasteiger partial charge in [-0.1, -0.05) is 13.8 Å². The highest BCUT2D eigenvalue weighted by Gasteiger charge is 2.12. The predicted octanol–water partition coefficient (Wildman–Crippen LogP) is 1.04. The van der Waals surface area contributed by atoms with Crippen LogP contribution in [-0.2, 0) is 0 Å². The number of aromatic nitrogens is 3. The van der Waals surface area contributed by atoms with Gasteiger partial charge in [-0.15, -0.1) is 0 Å². The topological polar surface area (TPSA) is 73.9 Å². The molecule has 0 aliphatic rings. The first kappa shape index (κ1) is 14.6. The summed E-state index contributed by atoms with van der Waals surface area (Å²) >= 11 is 0. The van der Waals surface area contributed by atoms with Crippen molar-refractivity contribution < 1.29 is 4.79 Å². The van der Waals surface area contributed by atoms with Gasteiger partial charge < -0.3 is 10.2 Å². The Morgan fingerprint density at radius 2 is 2.22 bits per heavy atom. The van der Waals surface area contributed by atoms with Gasteiger partial charge in [-0.3, -0.25) is 9.89 Å². The fourth-order valence-corrected chi connectivity index (χ4v) is 1.84. The van der Waals surface area contributed by atoms with Crippen LogP contribution in [0.4, 0.5) is 0 Å². The third-order valence-electron chi connectivity index (χ3n) is 3.01. The summed E-state index contributed by atoms with van der Waals surface area (Å²) in [5.41, 5.74) is 0. The third kappa shape index (κ3) is 4.83. The molecule has 1 unspecified atom stereocenters. The summed E-state index contributed by atoms with van der Waals surface area (Å²) in [6.07, 6.45) is 3.38. The SMILES string of the molecule is CCN(CC)CCCC(C)NC(=O)c1ncn[nH]1. The van der Waals surface area contributed by atoms with E-state index in [0.717, 1.165) is 32.5 Å². The minimum atomic E-state index is -0.192. The van der Waals surface area contributed by atoms with Crippen molar-refractivity contribution in [3.8, 4) is 0 Å². The molecule has 2 N–H and O–H groups in total. The molecule has 1 aromatic heterocycles. The van der Waals surface area contributed by atoms with E-state index in [0.29, 0.717) is 0 Å². The minimum Gasteiger partial charge on any atom is -0.347 e. The maximum Gasteiger partial charge on any atom is 0.288 e. The lowest BCUT2D eigenvalue weighted by atomic mass is 10.1. The molecule has 0 aromatic carbocycles. The van der Waals surface area contributed by atoms with Crippen LogP contribution in [0.15, 0.2) is 6.33 Å². The fraction of sp³-hybridized carbons (Fsp3) is 0.750. The fourth-order valence-electron chi connectivity index (χ4n) is 1.84. The molecule has 1 rings (SSSR count). The number of hydrogen-bond acceptors (Lipinski definition) is 4. The lowest BCUT2D eigenvalue weighted by molar-refractivity contribution is 0.0927. The number of nitrogens with zero attached hydrogens (tertiary/aromatic N) is 3. The maximum absolute atomic E-state index is 11.7. The molecule has 1 heterocycles. The number of aromatic amines is 1. The standard InChI is InChI=1S/C12H23N5O/c1-4-17(5-2)8-6-7-10(3)15-12(18)11-13-9-14-16-11/h9-10H,4-8H2,1-3H3,(H,15,18)(H,13,14,16). The number of carbonyl (C=O) groups is 1. The second-order valence-corrected chi connectivity index (χ2v) is 4.38. The zero-order valence-corrected chi connectivity index (χ0v) is 11.4. The van der Waals surface area contributed by atoms with Crippen LogP contribution in [0, 0.1) is 0 Å². The molecule has 0 radical (unpaired) electrons. The molecule has 0 saturated heterocycles. The van der Waals surface area contributed by atoms with Crippen molar-refractivity contribution >= 4 is 5.91 Å². The van der Waals surface area contributed by atoms with E-state index in [1.54, 1.807) is 0 Å². The molecule has 6 heteroatoms. The highest BCUT2D eigenvalue weighted by Crippen LogP contribution is 2.00. The van der Waals surface area contributed by atoms with Crippen LogP contribution >= 0.6 is 0 Å². The highest BCUT2D eigenvalue weighted by molar-refractivity contribution is 5.90. The summed E-state index contributed by atoms with van der Waals surface area (Å²) in [6.45, 7) is 9.58. The molecule has 1 aromatic rings. The van der Waals surface area contributed by atoms with Gasteiger partial charge in [0.05, 0.1) is 0 Å². The number of hydrogen-bond donors (Lipinski definition) is 2. The van der Waals surface area contributed by atoms with Crippen LogP contribution in [0.25, 0.3) is 0 Å². The highest BCUT2D eigenvalue weighted by atomic mass is 16.2. The van der Waals surface area contributed by atoms with Gasteiger partial charge in [0, 0.05) is 6.04 Å². The third-order valence-corrected chi connectivity index (χ3v) is 3.01. The van der Waals surface area contributed by atoms with Crippen molar-refractivity contribution in [3.63, 3.8) is 0 Å². The molecule has 1 amide bonds. The smallest absolute Gasteiger partial charge is 0.288 e. The molecule has 1 atom stereocenters. The summed E-state index contributed by atoms with van der Waals surface area (Å²) in [4.78, 5) is 17.9.